The Kier molecular flexibility index (Phi) is 5.44. The van der Waals surface area contributed by atoms with Crippen LogP contribution in [0.4, 0.5) is 17.1 Å². The van der Waals surface area contributed by atoms with Crippen molar-refractivity contribution in [3.05, 3.63) is 63.7 Å². The number of nitrogens with zero attached hydrogens (tertiary/aromatic N) is 2. The molecule has 2 atom stereocenters. The molecule has 1 amide bonds. The van der Waals surface area contributed by atoms with Crippen LogP contribution in [-0.2, 0) is 0 Å². The summed E-state index contributed by atoms with van der Waals surface area (Å²) in [5.41, 5.74) is 2.55. The van der Waals surface area contributed by atoms with Crippen molar-refractivity contribution in [1.82, 2.24) is 0 Å². The number of benzene rings is 2. The van der Waals surface area contributed by atoms with E-state index in [2.05, 4.69) is 24.1 Å². The molecule has 0 aliphatic carbocycles. The summed E-state index contributed by atoms with van der Waals surface area (Å²) in [4.78, 5) is 25.9. The van der Waals surface area contributed by atoms with Crippen LogP contribution in [0.3, 0.4) is 0 Å². The van der Waals surface area contributed by atoms with Crippen LogP contribution in [0.15, 0.2) is 42.5 Å². The number of nitro groups is 1. The monoisotopic (exact) mass is 367 g/mol. The number of nitrogens with one attached hydrogen (secondary N) is 1. The van der Waals surface area contributed by atoms with Crippen molar-refractivity contribution in [2.24, 2.45) is 11.8 Å². The Morgan fingerprint density at radius 2 is 1.85 bits per heavy atom. The SMILES string of the molecule is Cc1cccc(NC(=O)c2ccc(N3C[C@@H](C)C[C@H](C)C3)c([N+](=O)[O-])c2)c1. The summed E-state index contributed by atoms with van der Waals surface area (Å²) < 4.78 is 0. The summed E-state index contributed by atoms with van der Waals surface area (Å²) in [6, 6.07) is 12.2. The van der Waals surface area contributed by atoms with Gasteiger partial charge in [0.1, 0.15) is 5.69 Å². The third-order valence-corrected chi connectivity index (χ3v) is 4.92. The Hall–Kier alpha value is -2.89. The molecular weight excluding hydrogens is 342 g/mol. The van der Waals surface area contributed by atoms with Gasteiger partial charge in [-0.05, 0) is 55.0 Å². The van der Waals surface area contributed by atoms with Crippen LogP contribution < -0.4 is 10.2 Å². The molecule has 2 aromatic carbocycles. The molecule has 0 bridgehead atoms. The molecule has 0 spiro atoms. The molecule has 0 radical (unpaired) electrons. The van der Waals surface area contributed by atoms with Crippen molar-refractivity contribution in [3.63, 3.8) is 0 Å². The topological polar surface area (TPSA) is 75.5 Å². The highest BCUT2D eigenvalue weighted by molar-refractivity contribution is 6.05. The summed E-state index contributed by atoms with van der Waals surface area (Å²) >= 11 is 0. The van der Waals surface area contributed by atoms with E-state index in [0.717, 1.165) is 25.1 Å². The molecule has 142 valence electrons. The molecule has 6 nitrogen and oxygen atoms in total. The number of piperidine rings is 1. The molecule has 0 unspecified atom stereocenters. The van der Waals surface area contributed by atoms with Crippen LogP contribution in [0.2, 0.25) is 0 Å². The summed E-state index contributed by atoms with van der Waals surface area (Å²) in [6.07, 6.45) is 1.13. The van der Waals surface area contributed by atoms with Gasteiger partial charge in [0.15, 0.2) is 0 Å². The molecule has 1 saturated heterocycles. The number of carbonyl (C=O) groups excluding carboxylic acids is 1. The lowest BCUT2D eigenvalue weighted by Crippen LogP contribution is -2.39. The lowest BCUT2D eigenvalue weighted by atomic mass is 9.91. The standard InChI is InChI=1S/C21H25N3O3/c1-14-5-4-6-18(10-14)22-21(25)17-7-8-19(20(11-17)24(26)27)23-12-15(2)9-16(3)13-23/h4-8,10-11,15-16H,9,12-13H2,1-3H3,(H,22,25)/t15-,16-/m0/s1. The summed E-state index contributed by atoms with van der Waals surface area (Å²) in [7, 11) is 0. The minimum Gasteiger partial charge on any atom is -0.365 e. The minimum absolute atomic E-state index is 0.0202. The number of rotatable bonds is 4. The van der Waals surface area contributed by atoms with Crippen LogP contribution in [0.25, 0.3) is 0 Å². The zero-order chi connectivity index (χ0) is 19.6. The highest BCUT2D eigenvalue weighted by Crippen LogP contribution is 2.34. The van der Waals surface area contributed by atoms with E-state index in [0.29, 0.717) is 23.2 Å². The number of hydrogen-bond donors (Lipinski definition) is 1. The second kappa shape index (κ2) is 7.78. The summed E-state index contributed by atoms with van der Waals surface area (Å²) in [5.74, 6) is 0.617. The lowest BCUT2D eigenvalue weighted by Gasteiger charge is -2.36. The molecule has 0 saturated carbocycles. The number of aryl methyl sites for hydroxylation is 1. The Morgan fingerprint density at radius 3 is 2.48 bits per heavy atom. The summed E-state index contributed by atoms with van der Waals surface area (Å²) in [6.45, 7) is 7.85. The fourth-order valence-electron chi connectivity index (χ4n) is 3.86. The number of amides is 1. The lowest BCUT2D eigenvalue weighted by molar-refractivity contribution is -0.384. The zero-order valence-corrected chi connectivity index (χ0v) is 15.9. The molecule has 6 heteroatoms. The first-order valence-electron chi connectivity index (χ1n) is 9.25. The van der Waals surface area contributed by atoms with Crippen molar-refractivity contribution in [3.8, 4) is 0 Å². The Labute approximate surface area is 159 Å². The van der Waals surface area contributed by atoms with E-state index >= 15 is 0 Å². The molecule has 1 aliphatic heterocycles. The molecule has 3 rings (SSSR count). The van der Waals surface area contributed by atoms with Gasteiger partial charge in [0.05, 0.1) is 4.92 Å². The van der Waals surface area contributed by atoms with E-state index in [1.165, 1.54) is 6.07 Å². The van der Waals surface area contributed by atoms with E-state index in [1.54, 1.807) is 18.2 Å². The van der Waals surface area contributed by atoms with Gasteiger partial charge in [0, 0.05) is 30.4 Å². The van der Waals surface area contributed by atoms with Gasteiger partial charge in [0.2, 0.25) is 0 Å². The van der Waals surface area contributed by atoms with Crippen molar-refractivity contribution < 1.29 is 9.72 Å². The third kappa shape index (κ3) is 4.45. The van der Waals surface area contributed by atoms with Gasteiger partial charge >= 0.3 is 0 Å². The van der Waals surface area contributed by atoms with E-state index in [-0.39, 0.29) is 17.2 Å². The van der Waals surface area contributed by atoms with Crippen LogP contribution >= 0.6 is 0 Å². The first-order chi connectivity index (χ1) is 12.8. The average Bonchev–Trinajstić information content (AvgIpc) is 2.60. The Balaban J connectivity index is 1.87. The first-order valence-corrected chi connectivity index (χ1v) is 9.25. The van der Waals surface area contributed by atoms with Crippen molar-refractivity contribution in [2.45, 2.75) is 27.2 Å². The van der Waals surface area contributed by atoms with Gasteiger partial charge < -0.3 is 10.2 Å². The smallest absolute Gasteiger partial charge is 0.293 e. The molecule has 2 aromatic rings. The van der Waals surface area contributed by atoms with E-state index in [1.807, 2.05) is 25.1 Å². The van der Waals surface area contributed by atoms with Crippen LogP contribution in [-0.4, -0.2) is 23.9 Å². The fourth-order valence-corrected chi connectivity index (χ4v) is 3.86. The molecular formula is C21H25N3O3. The van der Waals surface area contributed by atoms with Gasteiger partial charge in [-0.2, -0.15) is 0 Å². The van der Waals surface area contributed by atoms with Gasteiger partial charge in [-0.1, -0.05) is 26.0 Å². The van der Waals surface area contributed by atoms with Crippen LogP contribution in [0, 0.1) is 28.9 Å². The minimum atomic E-state index is -0.400. The molecule has 1 fully saturated rings. The molecule has 1 aliphatic rings. The predicted molar refractivity (Wildman–Crippen MR) is 107 cm³/mol. The van der Waals surface area contributed by atoms with Crippen molar-refractivity contribution in [2.75, 3.05) is 23.3 Å². The van der Waals surface area contributed by atoms with E-state index in [4.69, 9.17) is 0 Å². The third-order valence-electron chi connectivity index (χ3n) is 4.92. The Bertz CT molecular complexity index is 856. The maximum absolute atomic E-state index is 12.5. The second-order valence-corrected chi connectivity index (χ2v) is 7.64. The second-order valence-electron chi connectivity index (χ2n) is 7.64. The van der Waals surface area contributed by atoms with Gasteiger partial charge in [-0.25, -0.2) is 0 Å². The number of nitro benzene ring substituents is 1. The molecule has 1 heterocycles. The highest BCUT2D eigenvalue weighted by Gasteiger charge is 2.27. The maximum atomic E-state index is 12.5. The predicted octanol–water partition coefficient (Wildman–Crippen LogP) is 4.64. The van der Waals surface area contributed by atoms with E-state index in [9.17, 15) is 14.9 Å². The highest BCUT2D eigenvalue weighted by atomic mass is 16.6. The number of hydrogen-bond acceptors (Lipinski definition) is 4. The van der Waals surface area contributed by atoms with Gasteiger partial charge in [-0.15, -0.1) is 0 Å². The fraction of sp³-hybridized carbons (Fsp3) is 0.381. The molecule has 1 N–H and O–H groups in total. The normalized spacial score (nSPS) is 19.6. The molecule has 0 aromatic heterocycles. The quantitative estimate of drug-likeness (QED) is 0.631. The zero-order valence-electron chi connectivity index (χ0n) is 15.9. The number of anilines is 2. The summed E-state index contributed by atoms with van der Waals surface area (Å²) in [5, 5.41) is 14.5. The first kappa shape index (κ1) is 18.9. The van der Waals surface area contributed by atoms with Crippen molar-refractivity contribution >= 4 is 23.0 Å². The van der Waals surface area contributed by atoms with Gasteiger partial charge in [-0.3, -0.25) is 14.9 Å². The Morgan fingerprint density at radius 1 is 1.15 bits per heavy atom. The average molecular weight is 367 g/mol. The van der Waals surface area contributed by atoms with Gasteiger partial charge in [0.25, 0.3) is 11.6 Å². The van der Waals surface area contributed by atoms with Crippen LogP contribution in [0.1, 0.15) is 36.2 Å². The molecule has 27 heavy (non-hydrogen) atoms. The maximum Gasteiger partial charge on any atom is 0.293 e. The number of carbonyl (C=O) groups is 1. The van der Waals surface area contributed by atoms with E-state index < -0.39 is 4.92 Å². The van der Waals surface area contributed by atoms with Crippen LogP contribution in [0.5, 0.6) is 0 Å². The largest absolute Gasteiger partial charge is 0.365 e. The van der Waals surface area contributed by atoms with Crippen molar-refractivity contribution in [1.29, 1.82) is 0 Å².